The summed E-state index contributed by atoms with van der Waals surface area (Å²) in [6.45, 7) is 0. The number of nitriles is 1. The van der Waals surface area contributed by atoms with Crippen LogP contribution in [-0.2, 0) is 16.2 Å². The van der Waals surface area contributed by atoms with Crippen molar-refractivity contribution in [3.63, 3.8) is 0 Å². The molecule has 38 heavy (non-hydrogen) atoms. The van der Waals surface area contributed by atoms with Crippen LogP contribution in [0.2, 0.25) is 0 Å². The number of sulfonamides is 1. The second-order valence-electron chi connectivity index (χ2n) is 8.44. The Hall–Kier alpha value is -4.68. The van der Waals surface area contributed by atoms with E-state index >= 15 is 0 Å². The normalized spacial score (nSPS) is 11.7. The first-order valence-corrected chi connectivity index (χ1v) is 12.8. The largest absolute Gasteiger partial charge is 0.418 e. The lowest BCUT2D eigenvalue weighted by Crippen LogP contribution is -2.12. The first-order chi connectivity index (χ1) is 18.2. The summed E-state index contributed by atoms with van der Waals surface area (Å²) in [5.41, 5.74) is 1.59. The molecule has 0 fully saturated rings. The van der Waals surface area contributed by atoms with E-state index in [0.717, 1.165) is 12.3 Å². The van der Waals surface area contributed by atoms with Crippen molar-refractivity contribution >= 4 is 26.6 Å². The summed E-state index contributed by atoms with van der Waals surface area (Å²) in [5, 5.41) is 9.92. The molecular weight excluding hydrogens is 511 g/mol. The van der Waals surface area contributed by atoms with Crippen LogP contribution < -0.4 is 4.72 Å². The molecule has 0 atom stereocenters. The van der Waals surface area contributed by atoms with Crippen LogP contribution in [0, 0.1) is 11.3 Å². The Morgan fingerprint density at radius 3 is 2.16 bits per heavy atom. The lowest BCUT2D eigenvalue weighted by atomic mass is 9.93. The molecule has 0 aliphatic rings. The number of nitrogens with one attached hydrogen (secondary N) is 1. The highest BCUT2D eigenvalue weighted by atomic mass is 32.2. The van der Waals surface area contributed by atoms with Crippen LogP contribution in [-0.4, -0.2) is 13.4 Å². The maximum atomic E-state index is 13.6. The second-order valence-corrected chi connectivity index (χ2v) is 10.1. The van der Waals surface area contributed by atoms with E-state index in [4.69, 9.17) is 0 Å². The molecule has 0 unspecified atom stereocenters. The minimum atomic E-state index is -4.60. The lowest BCUT2D eigenvalue weighted by Gasteiger charge is -2.14. The van der Waals surface area contributed by atoms with Gasteiger partial charge in [0, 0.05) is 22.8 Å². The van der Waals surface area contributed by atoms with Crippen molar-refractivity contribution in [2.24, 2.45) is 0 Å². The third-order valence-electron chi connectivity index (χ3n) is 5.98. The standard InChI is InChI=1S/C29H18F3N3O2S/c30-29(31,32)26-14-6-13-25-27(22(17-33)18-34-28(25)26)21-9-4-7-19(15-21)20-8-5-10-23(16-20)35-38(36,37)24-11-2-1-3-12-24/h1-16,18,35H. The van der Waals surface area contributed by atoms with Crippen LogP contribution in [0.3, 0.4) is 0 Å². The first-order valence-electron chi connectivity index (χ1n) is 11.4. The molecule has 0 amide bonds. The van der Waals surface area contributed by atoms with Crippen LogP contribution >= 0.6 is 0 Å². The van der Waals surface area contributed by atoms with Crippen LogP contribution in [0.25, 0.3) is 33.2 Å². The zero-order valence-corrected chi connectivity index (χ0v) is 20.4. The van der Waals surface area contributed by atoms with Crippen LogP contribution in [0.15, 0.2) is 108 Å². The zero-order chi connectivity index (χ0) is 26.9. The fourth-order valence-corrected chi connectivity index (χ4v) is 5.35. The van der Waals surface area contributed by atoms with Crippen molar-refractivity contribution in [3.8, 4) is 28.3 Å². The molecule has 1 heterocycles. The smallest absolute Gasteiger partial charge is 0.280 e. The van der Waals surface area contributed by atoms with Gasteiger partial charge in [0.05, 0.1) is 21.5 Å². The van der Waals surface area contributed by atoms with Gasteiger partial charge in [-0.15, -0.1) is 0 Å². The number of benzene rings is 4. The molecule has 1 aromatic heterocycles. The van der Waals surface area contributed by atoms with Crippen LogP contribution in [0.4, 0.5) is 18.9 Å². The topological polar surface area (TPSA) is 82.8 Å². The van der Waals surface area contributed by atoms with Gasteiger partial charge in [0.1, 0.15) is 6.07 Å². The van der Waals surface area contributed by atoms with Crippen molar-refractivity contribution in [3.05, 3.63) is 114 Å². The van der Waals surface area contributed by atoms with Gasteiger partial charge in [-0.2, -0.15) is 18.4 Å². The predicted octanol–water partition coefficient (Wildman–Crippen LogP) is 7.26. The van der Waals surface area contributed by atoms with Crippen molar-refractivity contribution in [1.82, 2.24) is 4.98 Å². The number of rotatable bonds is 5. The number of anilines is 1. The molecule has 0 saturated heterocycles. The van der Waals surface area contributed by atoms with Gasteiger partial charge in [-0.3, -0.25) is 9.71 Å². The Labute approximate surface area is 216 Å². The molecule has 0 spiro atoms. The molecule has 0 bridgehead atoms. The highest BCUT2D eigenvalue weighted by molar-refractivity contribution is 7.92. The summed E-state index contributed by atoms with van der Waals surface area (Å²) >= 11 is 0. The quantitative estimate of drug-likeness (QED) is 0.260. The summed E-state index contributed by atoms with van der Waals surface area (Å²) in [4.78, 5) is 4.07. The Morgan fingerprint density at radius 1 is 0.789 bits per heavy atom. The number of fused-ring (bicyclic) bond motifs is 1. The lowest BCUT2D eigenvalue weighted by molar-refractivity contribution is -0.136. The Morgan fingerprint density at radius 2 is 1.45 bits per heavy atom. The van der Waals surface area contributed by atoms with Gasteiger partial charge >= 0.3 is 6.18 Å². The molecule has 0 radical (unpaired) electrons. The van der Waals surface area contributed by atoms with E-state index in [1.54, 1.807) is 66.7 Å². The number of pyridine rings is 1. The molecule has 0 aliphatic heterocycles. The van der Waals surface area contributed by atoms with E-state index in [-0.39, 0.29) is 21.4 Å². The SMILES string of the molecule is N#Cc1cnc2c(C(F)(F)F)cccc2c1-c1cccc(-c2cccc(NS(=O)(=O)c3ccccc3)c2)c1. The average Bonchev–Trinajstić information content (AvgIpc) is 2.92. The minimum Gasteiger partial charge on any atom is -0.280 e. The molecule has 9 heteroatoms. The monoisotopic (exact) mass is 529 g/mol. The number of alkyl halides is 3. The van der Waals surface area contributed by atoms with Crippen molar-refractivity contribution < 1.29 is 21.6 Å². The molecule has 5 nitrogen and oxygen atoms in total. The van der Waals surface area contributed by atoms with Gasteiger partial charge in [-0.25, -0.2) is 8.42 Å². The van der Waals surface area contributed by atoms with Gasteiger partial charge in [-0.05, 0) is 53.1 Å². The number of nitrogens with zero attached hydrogens (tertiary/aromatic N) is 2. The Bertz CT molecular complexity index is 1810. The fraction of sp³-hybridized carbons (Fsp3) is 0.0345. The Balaban J connectivity index is 1.59. The van der Waals surface area contributed by atoms with E-state index < -0.39 is 21.8 Å². The van der Waals surface area contributed by atoms with E-state index in [9.17, 15) is 26.9 Å². The third kappa shape index (κ3) is 4.82. The van der Waals surface area contributed by atoms with Crippen molar-refractivity contribution in [2.75, 3.05) is 4.72 Å². The van der Waals surface area contributed by atoms with Gasteiger partial charge in [0.2, 0.25) is 0 Å². The van der Waals surface area contributed by atoms with Gasteiger partial charge in [0.15, 0.2) is 0 Å². The van der Waals surface area contributed by atoms with Crippen LogP contribution in [0.5, 0.6) is 0 Å². The molecular formula is C29H18F3N3O2S. The number of para-hydroxylation sites is 1. The number of hydrogen-bond donors (Lipinski definition) is 1. The van der Waals surface area contributed by atoms with E-state index in [1.165, 1.54) is 24.3 Å². The van der Waals surface area contributed by atoms with Crippen LogP contribution in [0.1, 0.15) is 11.1 Å². The van der Waals surface area contributed by atoms with Gasteiger partial charge in [0.25, 0.3) is 10.0 Å². The minimum absolute atomic E-state index is 0.124. The first kappa shape index (κ1) is 25.0. The molecule has 188 valence electrons. The fourth-order valence-electron chi connectivity index (χ4n) is 4.28. The summed E-state index contributed by atoms with van der Waals surface area (Å²) in [6, 6.07) is 27.5. The highest BCUT2D eigenvalue weighted by Crippen LogP contribution is 2.39. The van der Waals surface area contributed by atoms with E-state index in [2.05, 4.69) is 9.71 Å². The third-order valence-corrected chi connectivity index (χ3v) is 7.37. The van der Waals surface area contributed by atoms with Gasteiger partial charge < -0.3 is 0 Å². The van der Waals surface area contributed by atoms with E-state index in [1.807, 2.05) is 6.07 Å². The second kappa shape index (κ2) is 9.65. The maximum absolute atomic E-state index is 13.6. The molecule has 5 rings (SSSR count). The average molecular weight is 530 g/mol. The van der Waals surface area contributed by atoms with Crippen molar-refractivity contribution in [1.29, 1.82) is 5.26 Å². The summed E-state index contributed by atoms with van der Waals surface area (Å²) in [5.74, 6) is 0. The predicted molar refractivity (Wildman–Crippen MR) is 140 cm³/mol. The van der Waals surface area contributed by atoms with E-state index in [0.29, 0.717) is 27.9 Å². The molecule has 0 aliphatic carbocycles. The molecule has 4 aromatic carbocycles. The van der Waals surface area contributed by atoms with Crippen molar-refractivity contribution in [2.45, 2.75) is 11.1 Å². The summed E-state index contributed by atoms with van der Waals surface area (Å²) < 4.78 is 69.0. The number of hydrogen-bond acceptors (Lipinski definition) is 4. The Kier molecular flexibility index (Phi) is 6.35. The molecule has 0 saturated carbocycles. The number of aromatic nitrogens is 1. The van der Waals surface area contributed by atoms with Gasteiger partial charge in [-0.1, -0.05) is 60.7 Å². The zero-order valence-electron chi connectivity index (χ0n) is 19.6. The highest BCUT2D eigenvalue weighted by Gasteiger charge is 2.33. The maximum Gasteiger partial charge on any atom is 0.418 e. The molecule has 5 aromatic rings. The number of halogens is 3. The molecule has 1 N–H and O–H groups in total. The summed E-state index contributed by atoms with van der Waals surface area (Å²) in [7, 11) is -3.80. The summed E-state index contributed by atoms with van der Waals surface area (Å²) in [6.07, 6.45) is -3.45.